The first-order valence-corrected chi connectivity index (χ1v) is 12.0. The molecule has 0 aliphatic rings. The van der Waals surface area contributed by atoms with Gasteiger partial charge in [0, 0.05) is 49.7 Å². The van der Waals surface area contributed by atoms with Gasteiger partial charge in [-0.3, -0.25) is 9.78 Å². The van der Waals surface area contributed by atoms with Crippen molar-refractivity contribution in [2.45, 2.75) is 32.6 Å². The Morgan fingerprint density at radius 1 is 0.917 bits per heavy atom. The highest BCUT2D eigenvalue weighted by Gasteiger charge is 2.09. The van der Waals surface area contributed by atoms with Gasteiger partial charge in [0.15, 0.2) is 0 Å². The van der Waals surface area contributed by atoms with Gasteiger partial charge in [-0.2, -0.15) is 0 Å². The van der Waals surface area contributed by atoms with Crippen molar-refractivity contribution in [3.05, 3.63) is 101 Å². The minimum Gasteiger partial charge on any atom is -0.494 e. The number of ether oxygens (including phenoxy) is 1. The van der Waals surface area contributed by atoms with Crippen molar-refractivity contribution in [3.63, 3.8) is 0 Å². The van der Waals surface area contributed by atoms with E-state index in [1.165, 1.54) is 16.8 Å². The lowest BCUT2D eigenvalue weighted by Gasteiger charge is -2.26. The van der Waals surface area contributed by atoms with Crippen molar-refractivity contribution >= 4 is 41.4 Å². The van der Waals surface area contributed by atoms with Gasteiger partial charge >= 0.3 is 0 Å². The fourth-order valence-electron chi connectivity index (χ4n) is 4.31. The van der Waals surface area contributed by atoms with E-state index in [1.54, 1.807) is 17.7 Å². The molecule has 36 heavy (non-hydrogen) atoms. The molecule has 7 heteroatoms. The monoisotopic (exact) mass is 527 g/mol. The molecule has 0 aliphatic carbocycles. The van der Waals surface area contributed by atoms with Crippen LogP contribution in [-0.2, 0) is 13.5 Å². The highest BCUT2D eigenvalue weighted by Crippen LogP contribution is 2.22. The zero-order valence-corrected chi connectivity index (χ0v) is 22.6. The van der Waals surface area contributed by atoms with Gasteiger partial charge in [-0.15, -0.1) is 24.8 Å². The van der Waals surface area contributed by atoms with Crippen LogP contribution < -0.4 is 15.2 Å². The summed E-state index contributed by atoms with van der Waals surface area (Å²) in [6.07, 6.45) is 8.00. The smallest absolute Gasteiger partial charge is 0.250 e. The van der Waals surface area contributed by atoms with Crippen LogP contribution in [0.25, 0.3) is 10.9 Å². The first-order chi connectivity index (χ1) is 16.6. The third-order valence-electron chi connectivity index (χ3n) is 6.29. The summed E-state index contributed by atoms with van der Waals surface area (Å²) >= 11 is 0. The summed E-state index contributed by atoms with van der Waals surface area (Å²) in [6.45, 7) is 4.88. The highest BCUT2D eigenvalue weighted by atomic mass is 35.5. The first-order valence-electron chi connectivity index (χ1n) is 12.0. The normalized spacial score (nSPS) is 10.4. The van der Waals surface area contributed by atoms with Gasteiger partial charge in [0.25, 0.3) is 5.56 Å². The zero-order chi connectivity index (χ0) is 23.8. The van der Waals surface area contributed by atoms with E-state index in [-0.39, 0.29) is 30.4 Å². The molecular weight excluding hydrogens is 493 g/mol. The molecule has 0 amide bonds. The minimum absolute atomic E-state index is 0. The van der Waals surface area contributed by atoms with E-state index in [0.29, 0.717) is 6.61 Å². The van der Waals surface area contributed by atoms with E-state index in [1.807, 2.05) is 42.7 Å². The van der Waals surface area contributed by atoms with Crippen LogP contribution in [0.5, 0.6) is 5.75 Å². The van der Waals surface area contributed by atoms with Crippen LogP contribution >= 0.6 is 24.8 Å². The molecule has 0 unspecified atom stereocenters. The molecule has 0 saturated heterocycles. The second-order valence-electron chi connectivity index (χ2n) is 8.75. The van der Waals surface area contributed by atoms with Crippen LogP contribution in [0.15, 0.2) is 83.9 Å². The number of nitrogens with zero attached hydrogens (tertiary/aromatic N) is 3. The molecule has 0 spiro atoms. The van der Waals surface area contributed by atoms with Crippen LogP contribution in [0.2, 0.25) is 0 Å². The molecule has 2 heterocycles. The van der Waals surface area contributed by atoms with E-state index in [9.17, 15) is 4.79 Å². The number of benzene rings is 2. The molecule has 4 rings (SSSR count). The Bertz CT molecular complexity index is 1280. The van der Waals surface area contributed by atoms with Crippen molar-refractivity contribution in [1.29, 1.82) is 0 Å². The van der Waals surface area contributed by atoms with Gasteiger partial charge in [-0.1, -0.05) is 24.3 Å². The summed E-state index contributed by atoms with van der Waals surface area (Å²) in [5, 5.41) is 1.02. The Morgan fingerprint density at radius 2 is 1.75 bits per heavy atom. The number of aromatic nitrogens is 2. The van der Waals surface area contributed by atoms with Crippen LogP contribution in [0, 0.1) is 6.92 Å². The topological polar surface area (TPSA) is 47.4 Å². The molecule has 2 aromatic heterocycles. The average molecular weight is 529 g/mol. The SMILES string of the molecule is Cc1ccccc1N(CCCCCOc1ccc2c(ccc(=O)n2C)c1)CCc1cccnc1.Cl.Cl. The standard InChI is InChI=1S/C29H33N3O2.2ClH/c1-23-9-4-5-11-27(23)32(19-16-24-10-8-17-30-22-24)18-6-3-7-20-34-26-13-14-28-25(21-26)12-15-29(33)31(28)2;;/h4-5,8-15,17,21-22H,3,6-7,16,18-20H2,1-2H3;2*1H. The number of pyridine rings is 2. The van der Waals surface area contributed by atoms with Crippen LogP contribution in [-0.4, -0.2) is 29.2 Å². The number of fused-ring (bicyclic) bond motifs is 1. The fraction of sp³-hybridized carbons (Fsp3) is 0.310. The fourth-order valence-corrected chi connectivity index (χ4v) is 4.31. The molecule has 0 aliphatic heterocycles. The maximum absolute atomic E-state index is 11.8. The molecule has 0 bridgehead atoms. The molecule has 0 fully saturated rings. The Morgan fingerprint density at radius 3 is 2.53 bits per heavy atom. The van der Waals surface area contributed by atoms with Crippen LogP contribution in [0.1, 0.15) is 30.4 Å². The van der Waals surface area contributed by atoms with Gasteiger partial charge in [0.05, 0.1) is 12.1 Å². The van der Waals surface area contributed by atoms with Gasteiger partial charge in [0.1, 0.15) is 5.75 Å². The highest BCUT2D eigenvalue weighted by molar-refractivity contribution is 5.85. The molecule has 2 aromatic carbocycles. The summed E-state index contributed by atoms with van der Waals surface area (Å²) < 4.78 is 7.65. The summed E-state index contributed by atoms with van der Waals surface area (Å²) in [7, 11) is 1.79. The molecule has 192 valence electrons. The van der Waals surface area contributed by atoms with Gasteiger partial charge in [-0.05, 0) is 80.1 Å². The van der Waals surface area contributed by atoms with E-state index >= 15 is 0 Å². The summed E-state index contributed by atoms with van der Waals surface area (Å²) in [5.74, 6) is 0.851. The molecule has 0 saturated carbocycles. The molecule has 4 aromatic rings. The number of aryl methyl sites for hydroxylation is 2. The Labute approximate surface area is 226 Å². The van der Waals surface area contributed by atoms with Crippen molar-refractivity contribution in [2.24, 2.45) is 7.05 Å². The van der Waals surface area contributed by atoms with Crippen molar-refractivity contribution < 1.29 is 4.74 Å². The van der Waals surface area contributed by atoms with E-state index < -0.39 is 0 Å². The lowest BCUT2D eigenvalue weighted by Crippen LogP contribution is -2.27. The number of rotatable bonds is 11. The second kappa shape index (κ2) is 14.5. The Hall–Kier alpha value is -3.02. The van der Waals surface area contributed by atoms with E-state index in [4.69, 9.17) is 4.74 Å². The number of halogens is 2. The quantitative estimate of drug-likeness (QED) is 0.212. The van der Waals surface area contributed by atoms with Crippen molar-refractivity contribution in [1.82, 2.24) is 9.55 Å². The summed E-state index contributed by atoms with van der Waals surface area (Å²) in [5.41, 5.74) is 4.81. The summed E-state index contributed by atoms with van der Waals surface area (Å²) in [4.78, 5) is 18.5. The Kier molecular flexibility index (Phi) is 11.8. The first kappa shape index (κ1) is 29.2. The predicted octanol–water partition coefficient (Wildman–Crippen LogP) is 6.38. The lowest BCUT2D eigenvalue weighted by atomic mass is 10.1. The zero-order valence-electron chi connectivity index (χ0n) is 20.9. The number of anilines is 1. The summed E-state index contributed by atoms with van der Waals surface area (Å²) in [6, 6.07) is 22.1. The minimum atomic E-state index is 0. The number of unbranched alkanes of at least 4 members (excludes halogenated alkanes) is 2. The number of para-hydroxylation sites is 1. The van der Waals surface area contributed by atoms with E-state index in [0.717, 1.165) is 55.4 Å². The van der Waals surface area contributed by atoms with Gasteiger partial charge in [0.2, 0.25) is 0 Å². The maximum atomic E-state index is 11.8. The van der Waals surface area contributed by atoms with Crippen LogP contribution in [0.3, 0.4) is 0 Å². The Balaban J connectivity index is 0.00000228. The van der Waals surface area contributed by atoms with Gasteiger partial charge < -0.3 is 14.2 Å². The molecule has 5 nitrogen and oxygen atoms in total. The average Bonchev–Trinajstić information content (AvgIpc) is 2.86. The van der Waals surface area contributed by atoms with E-state index in [2.05, 4.69) is 47.1 Å². The van der Waals surface area contributed by atoms with Crippen molar-refractivity contribution in [3.8, 4) is 5.75 Å². The van der Waals surface area contributed by atoms with Crippen molar-refractivity contribution in [2.75, 3.05) is 24.6 Å². The third-order valence-corrected chi connectivity index (χ3v) is 6.29. The lowest BCUT2D eigenvalue weighted by molar-refractivity contribution is 0.306. The largest absolute Gasteiger partial charge is 0.494 e. The third kappa shape index (κ3) is 7.74. The number of hydrogen-bond acceptors (Lipinski definition) is 4. The molecule has 0 radical (unpaired) electrons. The number of hydrogen-bond donors (Lipinski definition) is 0. The molecular formula is C29H35Cl2N3O2. The second-order valence-corrected chi connectivity index (χ2v) is 8.75. The van der Waals surface area contributed by atoms with Crippen LogP contribution in [0.4, 0.5) is 5.69 Å². The van der Waals surface area contributed by atoms with Gasteiger partial charge in [-0.25, -0.2) is 0 Å². The maximum Gasteiger partial charge on any atom is 0.250 e. The predicted molar refractivity (Wildman–Crippen MR) is 154 cm³/mol. The molecule has 0 atom stereocenters. The molecule has 0 N–H and O–H groups in total.